The van der Waals surface area contributed by atoms with Gasteiger partial charge in [0, 0.05) is 31.4 Å². The number of ether oxygens (including phenoxy) is 1. The highest BCUT2D eigenvalue weighted by Crippen LogP contribution is 2.27. The number of nitrogens with one attached hydrogen (secondary N) is 1. The van der Waals surface area contributed by atoms with Gasteiger partial charge in [-0.25, -0.2) is 9.37 Å². The maximum Gasteiger partial charge on any atom is 0.274 e. The van der Waals surface area contributed by atoms with E-state index in [-0.39, 0.29) is 17.6 Å². The minimum absolute atomic E-state index is 0.110. The van der Waals surface area contributed by atoms with Crippen molar-refractivity contribution in [3.63, 3.8) is 0 Å². The Hall–Kier alpha value is -3.29. The number of nitrogens with zero attached hydrogens (tertiary/aromatic N) is 4. The predicted octanol–water partition coefficient (Wildman–Crippen LogP) is 2.55. The molecule has 1 atom stereocenters. The van der Waals surface area contributed by atoms with E-state index in [0.29, 0.717) is 31.1 Å². The van der Waals surface area contributed by atoms with E-state index in [1.54, 1.807) is 23.2 Å². The maximum absolute atomic E-state index is 12.9. The fourth-order valence-corrected chi connectivity index (χ4v) is 3.11. The number of aromatic amines is 1. The number of H-pyrrole nitrogens is 1. The molecule has 2 aromatic heterocycles. The van der Waals surface area contributed by atoms with Crippen LogP contribution in [0.25, 0.3) is 0 Å². The summed E-state index contributed by atoms with van der Waals surface area (Å²) >= 11 is 0. The van der Waals surface area contributed by atoms with Crippen molar-refractivity contribution in [3.05, 3.63) is 71.8 Å². The molecule has 3 aromatic rings. The van der Waals surface area contributed by atoms with Gasteiger partial charge in [-0.15, -0.1) is 0 Å². The van der Waals surface area contributed by atoms with Gasteiger partial charge in [0.05, 0.1) is 17.6 Å². The first-order valence-electron chi connectivity index (χ1n) is 8.67. The maximum atomic E-state index is 12.9. The molecule has 138 valence electrons. The summed E-state index contributed by atoms with van der Waals surface area (Å²) < 4.78 is 18.5. The van der Waals surface area contributed by atoms with Gasteiger partial charge in [-0.1, -0.05) is 0 Å². The number of carbonyl (C=O) groups excluding carboxylic acids is 1. The Morgan fingerprint density at radius 1 is 1.30 bits per heavy atom. The summed E-state index contributed by atoms with van der Waals surface area (Å²) in [4.78, 5) is 22.3. The monoisotopic (exact) mass is 367 g/mol. The van der Waals surface area contributed by atoms with Crippen LogP contribution >= 0.6 is 0 Å². The Morgan fingerprint density at radius 3 is 2.93 bits per heavy atom. The summed E-state index contributed by atoms with van der Waals surface area (Å²) in [7, 11) is 0. The largest absolute Gasteiger partial charge is 0.487 e. The Kier molecular flexibility index (Phi) is 4.78. The molecular weight excluding hydrogens is 349 g/mol. The standard InChI is InChI=1S/C19H18FN5O2/c20-14-1-3-16(4-2-14)27-12-15-9-17(24-23-15)13-5-8-25(11-13)19(26)18-10-21-6-7-22-18/h1-4,6-7,9-10,13H,5,8,11-12H2,(H,23,24)/t13-/m1/s1. The average Bonchev–Trinajstić information content (AvgIpc) is 3.37. The van der Waals surface area contributed by atoms with Crippen LogP contribution in [0.5, 0.6) is 5.75 Å². The number of aromatic nitrogens is 4. The van der Waals surface area contributed by atoms with Crippen LogP contribution in [0.3, 0.4) is 0 Å². The fourth-order valence-electron chi connectivity index (χ4n) is 3.11. The lowest BCUT2D eigenvalue weighted by atomic mass is 10.1. The summed E-state index contributed by atoms with van der Waals surface area (Å²) in [6.07, 6.45) is 5.38. The molecule has 27 heavy (non-hydrogen) atoms. The molecule has 1 N–H and O–H groups in total. The van der Waals surface area contributed by atoms with Gasteiger partial charge < -0.3 is 9.64 Å². The van der Waals surface area contributed by atoms with Crippen LogP contribution in [0.4, 0.5) is 4.39 Å². The second-order valence-electron chi connectivity index (χ2n) is 6.39. The zero-order chi connectivity index (χ0) is 18.6. The summed E-state index contributed by atoms with van der Waals surface area (Å²) in [5.74, 6) is 0.351. The number of benzene rings is 1. The predicted molar refractivity (Wildman–Crippen MR) is 94.6 cm³/mol. The first kappa shape index (κ1) is 17.1. The molecule has 4 rings (SSSR count). The number of likely N-dealkylation sites (tertiary alicyclic amines) is 1. The van der Waals surface area contributed by atoms with Gasteiger partial charge in [-0.3, -0.25) is 14.9 Å². The van der Waals surface area contributed by atoms with Crippen LogP contribution in [0.15, 0.2) is 48.9 Å². The van der Waals surface area contributed by atoms with Crippen LogP contribution in [0.2, 0.25) is 0 Å². The molecule has 0 unspecified atom stereocenters. The smallest absolute Gasteiger partial charge is 0.274 e. The van der Waals surface area contributed by atoms with E-state index < -0.39 is 0 Å². The molecule has 1 aliphatic rings. The van der Waals surface area contributed by atoms with Gasteiger partial charge in [0.25, 0.3) is 5.91 Å². The van der Waals surface area contributed by atoms with E-state index in [0.717, 1.165) is 17.8 Å². The van der Waals surface area contributed by atoms with Gasteiger partial charge >= 0.3 is 0 Å². The Labute approximate surface area is 155 Å². The van der Waals surface area contributed by atoms with Crippen molar-refractivity contribution >= 4 is 5.91 Å². The summed E-state index contributed by atoms with van der Waals surface area (Å²) in [6.45, 7) is 1.57. The quantitative estimate of drug-likeness (QED) is 0.749. The van der Waals surface area contributed by atoms with Gasteiger partial charge in [0.15, 0.2) is 0 Å². The van der Waals surface area contributed by atoms with Crippen LogP contribution in [0.1, 0.15) is 34.2 Å². The highest BCUT2D eigenvalue weighted by atomic mass is 19.1. The third-order valence-corrected chi connectivity index (χ3v) is 4.53. The topological polar surface area (TPSA) is 84.0 Å². The van der Waals surface area contributed by atoms with Crippen molar-refractivity contribution < 1.29 is 13.9 Å². The van der Waals surface area contributed by atoms with Crippen molar-refractivity contribution in [3.8, 4) is 5.75 Å². The Bertz CT molecular complexity index is 913. The minimum atomic E-state index is -0.298. The molecular formula is C19H18FN5O2. The SMILES string of the molecule is O=C(c1cnccn1)N1CC[C@@H](c2cc(COc3ccc(F)cc3)[nH]n2)C1. The van der Waals surface area contributed by atoms with E-state index in [2.05, 4.69) is 20.2 Å². The molecule has 0 radical (unpaired) electrons. The molecule has 0 bridgehead atoms. The van der Waals surface area contributed by atoms with Crippen LogP contribution in [-0.4, -0.2) is 44.1 Å². The van der Waals surface area contributed by atoms with Crippen LogP contribution < -0.4 is 4.74 Å². The van der Waals surface area contributed by atoms with E-state index in [1.165, 1.54) is 24.5 Å². The number of hydrogen-bond donors (Lipinski definition) is 1. The minimum Gasteiger partial charge on any atom is -0.487 e. The summed E-state index contributed by atoms with van der Waals surface area (Å²) in [5.41, 5.74) is 2.09. The lowest BCUT2D eigenvalue weighted by molar-refractivity contribution is 0.0784. The number of carbonyl (C=O) groups is 1. The van der Waals surface area contributed by atoms with Crippen molar-refractivity contribution in [2.24, 2.45) is 0 Å². The third-order valence-electron chi connectivity index (χ3n) is 4.53. The molecule has 3 heterocycles. The summed E-state index contributed by atoms with van der Waals surface area (Å²) in [5, 5.41) is 7.33. The molecule has 7 nitrogen and oxygen atoms in total. The van der Waals surface area contributed by atoms with Crippen molar-refractivity contribution in [1.82, 2.24) is 25.1 Å². The highest BCUT2D eigenvalue weighted by Gasteiger charge is 2.30. The van der Waals surface area contributed by atoms with Crippen LogP contribution in [-0.2, 0) is 6.61 Å². The molecule has 1 aliphatic heterocycles. The zero-order valence-corrected chi connectivity index (χ0v) is 14.5. The zero-order valence-electron chi connectivity index (χ0n) is 14.5. The summed E-state index contributed by atoms with van der Waals surface area (Å²) in [6, 6.07) is 7.83. The first-order valence-corrected chi connectivity index (χ1v) is 8.67. The third kappa shape index (κ3) is 3.94. The Balaban J connectivity index is 1.35. The normalized spacial score (nSPS) is 16.5. The van der Waals surface area contributed by atoms with Crippen LogP contribution in [0, 0.1) is 5.82 Å². The number of hydrogen-bond acceptors (Lipinski definition) is 5. The van der Waals surface area contributed by atoms with E-state index >= 15 is 0 Å². The molecule has 1 amide bonds. The lowest BCUT2D eigenvalue weighted by Crippen LogP contribution is -2.29. The molecule has 1 aromatic carbocycles. The fraction of sp³-hybridized carbons (Fsp3) is 0.263. The van der Waals surface area contributed by atoms with E-state index in [4.69, 9.17) is 4.74 Å². The second kappa shape index (κ2) is 7.53. The van der Waals surface area contributed by atoms with Gasteiger partial charge in [0.1, 0.15) is 23.9 Å². The van der Waals surface area contributed by atoms with Crippen molar-refractivity contribution in [1.29, 1.82) is 0 Å². The first-order chi connectivity index (χ1) is 13.2. The number of rotatable bonds is 5. The number of halogens is 1. The molecule has 8 heteroatoms. The highest BCUT2D eigenvalue weighted by molar-refractivity contribution is 5.92. The average molecular weight is 367 g/mol. The van der Waals surface area contributed by atoms with Crippen molar-refractivity contribution in [2.75, 3.05) is 13.1 Å². The van der Waals surface area contributed by atoms with Gasteiger partial charge in [0.2, 0.25) is 0 Å². The van der Waals surface area contributed by atoms with Crippen molar-refractivity contribution in [2.45, 2.75) is 18.9 Å². The molecule has 0 spiro atoms. The molecule has 1 saturated heterocycles. The van der Waals surface area contributed by atoms with E-state index in [9.17, 15) is 9.18 Å². The van der Waals surface area contributed by atoms with Gasteiger partial charge in [-0.05, 0) is 36.8 Å². The molecule has 1 fully saturated rings. The van der Waals surface area contributed by atoms with E-state index in [1.807, 2.05) is 6.07 Å². The number of amides is 1. The lowest BCUT2D eigenvalue weighted by Gasteiger charge is -2.15. The molecule has 0 saturated carbocycles. The van der Waals surface area contributed by atoms with Gasteiger partial charge in [-0.2, -0.15) is 5.10 Å². The molecule has 0 aliphatic carbocycles. The Morgan fingerprint density at radius 2 is 2.15 bits per heavy atom. The second-order valence-corrected chi connectivity index (χ2v) is 6.39.